The third-order valence-corrected chi connectivity index (χ3v) is 4.37. The third kappa shape index (κ3) is 2.84. The van der Waals surface area contributed by atoms with Gasteiger partial charge in [-0.1, -0.05) is 11.6 Å². The molecule has 1 aliphatic rings. The van der Waals surface area contributed by atoms with Crippen LogP contribution in [0.1, 0.15) is 25.1 Å². The van der Waals surface area contributed by atoms with Gasteiger partial charge in [-0.25, -0.2) is 9.36 Å². The highest BCUT2D eigenvalue weighted by Gasteiger charge is 2.37. The van der Waals surface area contributed by atoms with E-state index in [1.54, 1.807) is 13.8 Å². The summed E-state index contributed by atoms with van der Waals surface area (Å²) < 4.78 is 45.7. The van der Waals surface area contributed by atoms with E-state index in [1.807, 2.05) is 0 Å². The summed E-state index contributed by atoms with van der Waals surface area (Å²) in [5, 5.41) is 0.404. The molecule has 0 bridgehead atoms. The molecule has 134 valence electrons. The Morgan fingerprint density at radius 1 is 1.24 bits per heavy atom. The molecular weight excluding hydrogens is 361 g/mol. The van der Waals surface area contributed by atoms with E-state index in [0.29, 0.717) is 32.2 Å². The molecule has 0 fully saturated rings. The molecule has 1 aromatic heterocycles. The van der Waals surface area contributed by atoms with Gasteiger partial charge >= 0.3 is 11.9 Å². The van der Waals surface area contributed by atoms with Crippen LogP contribution in [0.3, 0.4) is 0 Å². The Hall–Kier alpha value is -2.22. The van der Waals surface area contributed by atoms with Crippen molar-refractivity contribution >= 4 is 11.6 Å². The first-order chi connectivity index (χ1) is 11.4. The van der Waals surface area contributed by atoms with Gasteiger partial charge in [-0.3, -0.25) is 9.36 Å². The lowest BCUT2D eigenvalue weighted by molar-refractivity contribution is -0.144. The summed E-state index contributed by atoms with van der Waals surface area (Å²) in [6.07, 6.45) is -4.36. The first-order valence-corrected chi connectivity index (χ1v) is 7.71. The van der Waals surface area contributed by atoms with E-state index in [0.717, 1.165) is 7.05 Å². The van der Waals surface area contributed by atoms with Crippen LogP contribution in [0.4, 0.5) is 13.2 Å². The zero-order valence-electron chi connectivity index (χ0n) is 13.6. The number of aromatic nitrogens is 2. The van der Waals surface area contributed by atoms with Crippen molar-refractivity contribution in [3.63, 3.8) is 0 Å². The zero-order valence-corrected chi connectivity index (χ0v) is 14.3. The lowest BCUT2D eigenvalue weighted by Crippen LogP contribution is -2.40. The summed E-state index contributed by atoms with van der Waals surface area (Å²) in [6.45, 7) is 3.61. The smallest absolute Gasteiger partial charge is 0.431 e. The van der Waals surface area contributed by atoms with Crippen LogP contribution < -0.4 is 16.0 Å². The number of hydrogen-bond acceptors (Lipinski definition) is 3. The van der Waals surface area contributed by atoms with Crippen LogP contribution in [0.15, 0.2) is 27.8 Å². The summed E-state index contributed by atoms with van der Waals surface area (Å²) in [4.78, 5) is 24.7. The van der Waals surface area contributed by atoms with Crippen molar-refractivity contribution < 1.29 is 17.9 Å². The van der Waals surface area contributed by atoms with Crippen molar-refractivity contribution in [1.82, 2.24) is 9.13 Å². The minimum Gasteiger partial charge on any atom is -0.485 e. The Balaban J connectivity index is 2.31. The molecule has 0 amide bonds. The maximum atomic E-state index is 13.0. The van der Waals surface area contributed by atoms with Gasteiger partial charge in [0.05, 0.1) is 5.69 Å². The molecule has 0 N–H and O–H groups in total. The Kier molecular flexibility index (Phi) is 3.79. The second kappa shape index (κ2) is 5.39. The fourth-order valence-corrected chi connectivity index (χ4v) is 3.12. The van der Waals surface area contributed by atoms with Crippen LogP contribution >= 0.6 is 11.6 Å². The van der Waals surface area contributed by atoms with Gasteiger partial charge in [-0.2, -0.15) is 13.2 Å². The Labute approximate surface area is 145 Å². The van der Waals surface area contributed by atoms with Crippen molar-refractivity contribution in [2.75, 3.05) is 0 Å². The maximum absolute atomic E-state index is 13.0. The first kappa shape index (κ1) is 17.6. The highest BCUT2D eigenvalue weighted by molar-refractivity contribution is 6.31. The molecule has 25 heavy (non-hydrogen) atoms. The Morgan fingerprint density at radius 3 is 2.48 bits per heavy atom. The zero-order chi connectivity index (χ0) is 18.7. The number of hydrogen-bond donors (Lipinski definition) is 0. The molecule has 0 unspecified atom stereocenters. The van der Waals surface area contributed by atoms with E-state index in [2.05, 4.69) is 0 Å². The number of halogens is 4. The fraction of sp³-hybridized carbons (Fsp3) is 0.375. The monoisotopic (exact) mass is 374 g/mol. The third-order valence-electron chi connectivity index (χ3n) is 4.01. The molecule has 0 saturated heterocycles. The quantitative estimate of drug-likeness (QED) is 0.771. The number of benzene rings is 1. The van der Waals surface area contributed by atoms with E-state index in [4.69, 9.17) is 16.3 Å². The maximum Gasteiger partial charge on any atom is 0.431 e. The second-order valence-electron chi connectivity index (χ2n) is 6.46. The van der Waals surface area contributed by atoms with E-state index in [1.165, 1.54) is 12.1 Å². The van der Waals surface area contributed by atoms with Crippen LogP contribution in [-0.2, 0) is 19.6 Å². The fourth-order valence-electron chi connectivity index (χ4n) is 2.90. The number of nitrogens with zero attached hydrogens (tertiary/aromatic N) is 2. The summed E-state index contributed by atoms with van der Waals surface area (Å²) in [6, 6.07) is 3.27. The predicted molar refractivity (Wildman–Crippen MR) is 85.7 cm³/mol. The molecule has 2 aromatic rings. The van der Waals surface area contributed by atoms with Gasteiger partial charge in [0, 0.05) is 30.1 Å². The minimum absolute atomic E-state index is 0.0734. The summed E-state index contributed by atoms with van der Waals surface area (Å²) in [7, 11) is 0.960. The lowest BCUT2D eigenvalue weighted by Gasteiger charge is -2.19. The molecule has 0 saturated carbocycles. The molecular formula is C16H14ClF3N2O3. The highest BCUT2D eigenvalue weighted by atomic mass is 35.5. The number of fused-ring (bicyclic) bond motifs is 1. The van der Waals surface area contributed by atoms with Crippen LogP contribution in [0.25, 0.3) is 5.69 Å². The first-order valence-electron chi connectivity index (χ1n) is 7.33. The number of alkyl halides is 3. The number of ether oxygens (including phenoxy) is 1. The van der Waals surface area contributed by atoms with Gasteiger partial charge in [0.25, 0.3) is 5.56 Å². The van der Waals surface area contributed by atoms with E-state index >= 15 is 0 Å². The summed E-state index contributed by atoms with van der Waals surface area (Å²) in [5.74, 6) is 0.233. The number of rotatable bonds is 1. The second-order valence-corrected chi connectivity index (χ2v) is 6.86. The van der Waals surface area contributed by atoms with Crippen molar-refractivity contribution in [3.8, 4) is 11.4 Å². The highest BCUT2D eigenvalue weighted by Crippen LogP contribution is 2.42. The molecule has 1 aliphatic heterocycles. The van der Waals surface area contributed by atoms with Crippen LogP contribution in [-0.4, -0.2) is 14.7 Å². The van der Waals surface area contributed by atoms with Gasteiger partial charge in [0.1, 0.15) is 17.0 Å². The SMILES string of the molecule is Cn1c(C(F)(F)F)cc(=O)n(-c2ccc(Cl)c3c2OC(C)(C)C3)c1=O. The van der Waals surface area contributed by atoms with Crippen molar-refractivity contribution in [3.05, 3.63) is 55.3 Å². The standard InChI is InChI=1S/C16H14ClF3N2O3/c1-15(2)7-8-9(17)4-5-10(13(8)25-15)22-12(23)6-11(16(18,19)20)21(3)14(22)24/h4-6H,7H2,1-3H3. The average molecular weight is 375 g/mol. The molecule has 0 aliphatic carbocycles. The van der Waals surface area contributed by atoms with Crippen molar-refractivity contribution in [2.45, 2.75) is 32.0 Å². The molecule has 0 radical (unpaired) electrons. The van der Waals surface area contributed by atoms with Gasteiger partial charge in [-0.15, -0.1) is 0 Å². The van der Waals surface area contributed by atoms with E-state index in [9.17, 15) is 22.8 Å². The minimum atomic E-state index is -4.81. The summed E-state index contributed by atoms with van der Waals surface area (Å²) >= 11 is 6.15. The van der Waals surface area contributed by atoms with Crippen molar-refractivity contribution in [1.29, 1.82) is 0 Å². The predicted octanol–water partition coefficient (Wildman–Crippen LogP) is 2.92. The Morgan fingerprint density at radius 2 is 1.88 bits per heavy atom. The van der Waals surface area contributed by atoms with E-state index < -0.39 is 28.7 Å². The van der Waals surface area contributed by atoms with Crippen LogP contribution in [0, 0.1) is 0 Å². The molecule has 0 spiro atoms. The van der Waals surface area contributed by atoms with Crippen LogP contribution in [0.2, 0.25) is 5.02 Å². The van der Waals surface area contributed by atoms with Crippen LogP contribution in [0.5, 0.6) is 5.75 Å². The van der Waals surface area contributed by atoms with Crippen molar-refractivity contribution in [2.24, 2.45) is 7.05 Å². The summed E-state index contributed by atoms with van der Waals surface area (Å²) in [5.41, 5.74) is -3.44. The molecule has 0 atom stereocenters. The molecule has 9 heteroatoms. The molecule has 2 heterocycles. The Bertz CT molecular complexity index is 990. The largest absolute Gasteiger partial charge is 0.485 e. The van der Waals surface area contributed by atoms with Gasteiger partial charge in [-0.05, 0) is 26.0 Å². The van der Waals surface area contributed by atoms with Gasteiger partial charge < -0.3 is 4.74 Å². The lowest BCUT2D eigenvalue weighted by atomic mass is 10.0. The topological polar surface area (TPSA) is 53.2 Å². The van der Waals surface area contributed by atoms with E-state index in [-0.39, 0.29) is 11.4 Å². The molecule has 1 aromatic carbocycles. The van der Waals surface area contributed by atoms with Gasteiger partial charge in [0.2, 0.25) is 0 Å². The normalized spacial score (nSPS) is 15.8. The molecule has 3 rings (SSSR count). The molecule has 5 nitrogen and oxygen atoms in total. The van der Waals surface area contributed by atoms with Gasteiger partial charge in [0.15, 0.2) is 0 Å². The average Bonchev–Trinajstić information content (AvgIpc) is 2.80.